The van der Waals surface area contributed by atoms with Gasteiger partial charge in [-0.2, -0.15) is 0 Å². The van der Waals surface area contributed by atoms with E-state index < -0.39 is 6.10 Å². The van der Waals surface area contributed by atoms with Crippen LogP contribution in [-0.2, 0) is 22.4 Å². The molecule has 0 bridgehead atoms. The van der Waals surface area contributed by atoms with Crippen molar-refractivity contribution in [1.29, 1.82) is 0 Å². The second kappa shape index (κ2) is 10.2. The van der Waals surface area contributed by atoms with E-state index in [1.807, 2.05) is 48.5 Å². The van der Waals surface area contributed by atoms with Crippen LogP contribution in [0.4, 0.5) is 11.4 Å². The number of amides is 2. The van der Waals surface area contributed by atoms with Crippen molar-refractivity contribution in [3.8, 4) is 11.5 Å². The van der Waals surface area contributed by atoms with Gasteiger partial charge in [-0.3, -0.25) is 9.59 Å². The highest BCUT2D eigenvalue weighted by molar-refractivity contribution is 6.00. The quantitative estimate of drug-likeness (QED) is 0.550. The topological polar surface area (TPSA) is 67.9 Å². The Morgan fingerprint density at radius 2 is 1.82 bits per heavy atom. The Balaban J connectivity index is 1.41. The number of carbonyl (C=O) groups is 2. The molecule has 1 atom stereocenters. The minimum Gasteiger partial charge on any atom is -0.484 e. The van der Waals surface area contributed by atoms with Crippen molar-refractivity contribution in [1.82, 2.24) is 0 Å². The van der Waals surface area contributed by atoms with Gasteiger partial charge in [0.05, 0.1) is 5.69 Å². The zero-order valence-electron chi connectivity index (χ0n) is 18.9. The molecule has 1 heterocycles. The van der Waals surface area contributed by atoms with Gasteiger partial charge in [0.15, 0.2) is 12.7 Å². The summed E-state index contributed by atoms with van der Waals surface area (Å²) in [6.07, 6.45) is 1.06. The van der Waals surface area contributed by atoms with Crippen molar-refractivity contribution in [2.24, 2.45) is 0 Å². The molecule has 0 spiro atoms. The average Bonchev–Trinajstić information content (AvgIpc) is 2.84. The van der Waals surface area contributed by atoms with Gasteiger partial charge in [0.2, 0.25) is 0 Å². The van der Waals surface area contributed by atoms with Crippen LogP contribution in [0.2, 0.25) is 0 Å². The van der Waals surface area contributed by atoms with E-state index in [9.17, 15) is 9.59 Å². The summed E-state index contributed by atoms with van der Waals surface area (Å²) >= 11 is 0. The molecule has 33 heavy (non-hydrogen) atoms. The molecule has 0 aromatic heterocycles. The first kappa shape index (κ1) is 22.4. The number of benzene rings is 3. The summed E-state index contributed by atoms with van der Waals surface area (Å²) in [6, 6.07) is 23.1. The smallest absolute Gasteiger partial charge is 0.267 e. The minimum atomic E-state index is -0.589. The number of fused-ring (bicyclic) bond motifs is 1. The summed E-state index contributed by atoms with van der Waals surface area (Å²) in [5, 5.41) is 2.84. The van der Waals surface area contributed by atoms with Gasteiger partial charge in [-0.15, -0.1) is 0 Å². The molecule has 6 heteroatoms. The fourth-order valence-corrected chi connectivity index (χ4v) is 3.81. The Morgan fingerprint density at radius 1 is 1.03 bits per heavy atom. The Bertz CT molecular complexity index is 1130. The molecule has 170 valence electrons. The number of nitrogens with one attached hydrogen (secondary N) is 1. The number of ether oxygens (including phenoxy) is 2. The van der Waals surface area contributed by atoms with Crippen LogP contribution in [0.25, 0.3) is 0 Å². The molecule has 4 rings (SSSR count). The van der Waals surface area contributed by atoms with E-state index >= 15 is 0 Å². The van der Waals surface area contributed by atoms with Gasteiger partial charge >= 0.3 is 0 Å². The Morgan fingerprint density at radius 3 is 2.61 bits per heavy atom. The molecule has 0 saturated carbocycles. The minimum absolute atomic E-state index is 0.0714. The highest BCUT2D eigenvalue weighted by Crippen LogP contribution is 2.36. The molecule has 0 saturated heterocycles. The van der Waals surface area contributed by atoms with E-state index in [0.29, 0.717) is 29.4 Å². The number of nitrogens with zero attached hydrogens (tertiary/aromatic N) is 1. The number of hydrogen-bond donors (Lipinski definition) is 1. The van der Waals surface area contributed by atoms with Crippen LogP contribution < -0.4 is 19.7 Å². The maximum Gasteiger partial charge on any atom is 0.267 e. The zero-order valence-corrected chi connectivity index (χ0v) is 18.9. The van der Waals surface area contributed by atoms with Crippen molar-refractivity contribution >= 4 is 23.2 Å². The second-order valence-corrected chi connectivity index (χ2v) is 8.01. The summed E-state index contributed by atoms with van der Waals surface area (Å²) in [6.45, 7) is 4.27. The number of aryl methyl sites for hydroxylation is 1. The summed E-state index contributed by atoms with van der Waals surface area (Å²) in [5.74, 6) is 0.903. The normalized spacial score (nSPS) is 14.9. The van der Waals surface area contributed by atoms with E-state index in [0.717, 1.165) is 18.4 Å². The van der Waals surface area contributed by atoms with Crippen molar-refractivity contribution in [3.05, 3.63) is 83.9 Å². The molecule has 0 aliphatic carbocycles. The number of anilines is 2. The van der Waals surface area contributed by atoms with Gasteiger partial charge < -0.3 is 19.7 Å². The first-order valence-electron chi connectivity index (χ1n) is 11.2. The summed E-state index contributed by atoms with van der Waals surface area (Å²) in [4.78, 5) is 26.9. The molecule has 1 aliphatic heterocycles. The van der Waals surface area contributed by atoms with Crippen molar-refractivity contribution in [2.75, 3.05) is 23.4 Å². The number of hydrogen-bond acceptors (Lipinski definition) is 4. The third kappa shape index (κ3) is 5.52. The Kier molecular flexibility index (Phi) is 6.93. The molecule has 2 amide bonds. The third-order valence-corrected chi connectivity index (χ3v) is 5.60. The fraction of sp³-hybridized carbons (Fsp3) is 0.259. The highest BCUT2D eigenvalue weighted by atomic mass is 16.5. The van der Waals surface area contributed by atoms with Gasteiger partial charge in [0, 0.05) is 18.3 Å². The summed E-state index contributed by atoms with van der Waals surface area (Å²) in [5.41, 5.74) is 3.62. The largest absolute Gasteiger partial charge is 0.484 e. The molecule has 0 radical (unpaired) electrons. The van der Waals surface area contributed by atoms with Crippen LogP contribution in [0.1, 0.15) is 25.0 Å². The molecule has 3 aromatic rings. The lowest BCUT2D eigenvalue weighted by Gasteiger charge is -2.33. The maximum absolute atomic E-state index is 12.8. The molecule has 1 aliphatic rings. The lowest BCUT2D eigenvalue weighted by molar-refractivity contribution is -0.125. The average molecular weight is 445 g/mol. The molecule has 3 aromatic carbocycles. The van der Waals surface area contributed by atoms with E-state index in [1.54, 1.807) is 24.0 Å². The first-order valence-corrected chi connectivity index (χ1v) is 11.2. The maximum atomic E-state index is 12.8. The van der Waals surface area contributed by atoms with E-state index in [4.69, 9.17) is 9.47 Å². The summed E-state index contributed by atoms with van der Waals surface area (Å²) in [7, 11) is 0. The summed E-state index contributed by atoms with van der Waals surface area (Å²) < 4.78 is 11.5. The van der Waals surface area contributed by atoms with Gasteiger partial charge in [0.1, 0.15) is 11.5 Å². The van der Waals surface area contributed by atoms with Crippen molar-refractivity contribution in [2.45, 2.75) is 32.8 Å². The standard InChI is InChI=1S/C27H28N2O4/c1-3-20-10-7-11-23(16-20)32-18-26(30)28-22-12-13-24-25(17-22)33-19(2)27(31)29(24)15-14-21-8-5-4-6-9-21/h4-13,16-17,19H,3,14-15,18H2,1-2H3,(H,28,30). The Labute approximate surface area is 194 Å². The van der Waals surface area contributed by atoms with Crippen LogP contribution in [0, 0.1) is 0 Å². The lowest BCUT2D eigenvalue weighted by Crippen LogP contribution is -2.45. The molecule has 1 N–H and O–H groups in total. The van der Waals surface area contributed by atoms with Gasteiger partial charge in [-0.25, -0.2) is 0 Å². The monoisotopic (exact) mass is 444 g/mol. The SMILES string of the molecule is CCc1cccc(OCC(=O)Nc2ccc3c(c2)OC(C)C(=O)N3CCc2ccccc2)c1. The number of rotatable bonds is 8. The predicted octanol–water partition coefficient (Wildman–Crippen LogP) is 4.62. The molecule has 1 unspecified atom stereocenters. The molecule has 0 fully saturated rings. The van der Waals surface area contributed by atoms with Crippen molar-refractivity contribution < 1.29 is 19.1 Å². The zero-order chi connectivity index (χ0) is 23.2. The molecular formula is C27H28N2O4. The van der Waals surface area contributed by atoms with Gasteiger partial charge in [-0.05, 0) is 55.2 Å². The lowest BCUT2D eigenvalue weighted by atomic mass is 10.1. The highest BCUT2D eigenvalue weighted by Gasteiger charge is 2.31. The van der Waals surface area contributed by atoms with Crippen LogP contribution in [0.15, 0.2) is 72.8 Å². The fourth-order valence-electron chi connectivity index (χ4n) is 3.81. The third-order valence-electron chi connectivity index (χ3n) is 5.60. The molecular weight excluding hydrogens is 416 g/mol. The van der Waals surface area contributed by atoms with E-state index in [-0.39, 0.29) is 18.4 Å². The van der Waals surface area contributed by atoms with E-state index in [1.165, 1.54) is 5.56 Å². The van der Waals surface area contributed by atoms with Crippen LogP contribution >= 0.6 is 0 Å². The van der Waals surface area contributed by atoms with Gasteiger partial charge in [0.25, 0.3) is 11.8 Å². The van der Waals surface area contributed by atoms with Crippen LogP contribution in [-0.4, -0.2) is 31.1 Å². The molecule has 6 nitrogen and oxygen atoms in total. The Hall–Kier alpha value is -3.80. The van der Waals surface area contributed by atoms with E-state index in [2.05, 4.69) is 24.4 Å². The first-order chi connectivity index (χ1) is 16.0. The van der Waals surface area contributed by atoms with Crippen LogP contribution in [0.3, 0.4) is 0 Å². The van der Waals surface area contributed by atoms with Crippen molar-refractivity contribution in [3.63, 3.8) is 0 Å². The predicted molar refractivity (Wildman–Crippen MR) is 129 cm³/mol. The van der Waals surface area contributed by atoms with Gasteiger partial charge in [-0.1, -0.05) is 49.4 Å². The second-order valence-electron chi connectivity index (χ2n) is 8.01. The number of carbonyl (C=O) groups excluding carboxylic acids is 2. The van der Waals surface area contributed by atoms with Crippen LogP contribution in [0.5, 0.6) is 11.5 Å².